The first kappa shape index (κ1) is 18.7. The number of fused-ring (bicyclic) bond motifs is 1. The van der Waals surface area contributed by atoms with E-state index in [1.165, 1.54) is 0 Å². The largest absolute Gasteiger partial charge is 0.504 e. The van der Waals surface area contributed by atoms with E-state index >= 15 is 0 Å². The molecule has 0 bridgehead atoms. The van der Waals surface area contributed by atoms with E-state index in [-0.39, 0.29) is 5.75 Å². The Bertz CT molecular complexity index is 1210. The van der Waals surface area contributed by atoms with Crippen LogP contribution in [-0.4, -0.2) is 22.9 Å². The van der Waals surface area contributed by atoms with Crippen molar-refractivity contribution in [2.24, 2.45) is 4.99 Å². The summed E-state index contributed by atoms with van der Waals surface area (Å²) in [6.45, 7) is 6.43. The van der Waals surface area contributed by atoms with Gasteiger partial charge in [-0.15, -0.1) is 0 Å². The number of benzene rings is 3. The quantitative estimate of drug-likeness (QED) is 0.429. The maximum Gasteiger partial charge on any atom is 0.227 e. The number of nitrogens with zero attached hydrogens (tertiary/aromatic N) is 2. The van der Waals surface area contributed by atoms with Crippen LogP contribution in [0.5, 0.6) is 11.5 Å². The predicted molar refractivity (Wildman–Crippen MR) is 115 cm³/mol. The minimum absolute atomic E-state index is 0.0825. The van der Waals surface area contributed by atoms with Crippen molar-refractivity contribution in [3.63, 3.8) is 0 Å². The normalized spacial score (nSPS) is 11.4. The fourth-order valence-corrected chi connectivity index (χ4v) is 3.28. The molecule has 0 aliphatic heterocycles. The molecule has 146 valence electrons. The number of ether oxygens (including phenoxy) is 1. The van der Waals surface area contributed by atoms with Gasteiger partial charge in [-0.2, -0.15) is 0 Å². The van der Waals surface area contributed by atoms with Gasteiger partial charge in [0.2, 0.25) is 5.89 Å². The Hall–Kier alpha value is -3.60. The maximum absolute atomic E-state index is 10.3. The number of aromatic nitrogens is 1. The predicted octanol–water partition coefficient (Wildman–Crippen LogP) is 5.97. The van der Waals surface area contributed by atoms with Gasteiger partial charge in [0.1, 0.15) is 5.52 Å². The van der Waals surface area contributed by atoms with Gasteiger partial charge in [0.05, 0.1) is 12.3 Å². The van der Waals surface area contributed by atoms with Crippen molar-refractivity contribution in [3.8, 4) is 23.0 Å². The number of phenols is 1. The van der Waals surface area contributed by atoms with Crippen LogP contribution in [0.1, 0.15) is 23.6 Å². The van der Waals surface area contributed by atoms with E-state index in [1.807, 2.05) is 57.2 Å². The molecule has 3 aromatic carbocycles. The van der Waals surface area contributed by atoms with Crippen molar-refractivity contribution in [3.05, 3.63) is 71.3 Å². The van der Waals surface area contributed by atoms with Crippen molar-refractivity contribution in [1.82, 2.24) is 4.98 Å². The molecule has 1 heterocycles. The number of aliphatic imine (C=N–C) groups is 1. The molecule has 1 N–H and O–H groups in total. The zero-order valence-corrected chi connectivity index (χ0v) is 16.6. The molecule has 0 aliphatic rings. The van der Waals surface area contributed by atoms with Crippen LogP contribution < -0.4 is 4.74 Å². The first-order valence-corrected chi connectivity index (χ1v) is 9.52. The third kappa shape index (κ3) is 3.85. The average molecular weight is 386 g/mol. The topological polar surface area (TPSA) is 67.9 Å². The third-order valence-electron chi connectivity index (χ3n) is 4.60. The molecule has 4 rings (SSSR count). The Morgan fingerprint density at radius 1 is 1.10 bits per heavy atom. The summed E-state index contributed by atoms with van der Waals surface area (Å²) < 4.78 is 11.4. The van der Waals surface area contributed by atoms with E-state index in [2.05, 4.69) is 16.0 Å². The lowest BCUT2D eigenvalue weighted by Crippen LogP contribution is -1.93. The molecule has 0 atom stereocenters. The van der Waals surface area contributed by atoms with Crippen LogP contribution in [0.3, 0.4) is 0 Å². The van der Waals surface area contributed by atoms with E-state index in [0.29, 0.717) is 23.8 Å². The molecule has 0 unspecified atom stereocenters. The molecule has 5 heteroatoms. The molecule has 0 spiro atoms. The number of para-hydroxylation sites is 1. The third-order valence-corrected chi connectivity index (χ3v) is 4.60. The van der Waals surface area contributed by atoms with E-state index in [0.717, 1.165) is 33.5 Å². The Morgan fingerprint density at radius 3 is 2.76 bits per heavy atom. The molecule has 0 fully saturated rings. The molecule has 0 saturated heterocycles. The van der Waals surface area contributed by atoms with E-state index < -0.39 is 0 Å². The fraction of sp³-hybridized carbons (Fsp3) is 0.167. The van der Waals surface area contributed by atoms with Crippen molar-refractivity contribution in [1.29, 1.82) is 0 Å². The Morgan fingerprint density at radius 2 is 1.93 bits per heavy atom. The highest BCUT2D eigenvalue weighted by Crippen LogP contribution is 2.31. The zero-order chi connectivity index (χ0) is 20.4. The summed E-state index contributed by atoms with van der Waals surface area (Å²) in [7, 11) is 0. The minimum atomic E-state index is 0.0825. The zero-order valence-electron chi connectivity index (χ0n) is 16.6. The Balaban J connectivity index is 1.66. The first-order valence-electron chi connectivity index (χ1n) is 9.52. The van der Waals surface area contributed by atoms with Gasteiger partial charge in [-0.05, 0) is 68.3 Å². The monoisotopic (exact) mass is 386 g/mol. The summed E-state index contributed by atoms with van der Waals surface area (Å²) in [6, 6.07) is 17.1. The number of hydrogen-bond donors (Lipinski definition) is 1. The second-order valence-electron chi connectivity index (χ2n) is 6.88. The standard InChI is InChI=1S/C24H22N2O3/c1-4-28-21-10-6-8-18(22(21)27)14-25-19-9-5-7-17(13-19)24-26-20-12-15(2)11-16(3)23(20)29-24/h5-14,27H,4H2,1-3H3. The summed E-state index contributed by atoms with van der Waals surface area (Å²) in [5.41, 5.74) is 6.05. The number of aromatic hydroxyl groups is 1. The van der Waals surface area contributed by atoms with Gasteiger partial charge in [0.15, 0.2) is 17.1 Å². The number of rotatable bonds is 5. The smallest absolute Gasteiger partial charge is 0.227 e. The van der Waals surface area contributed by atoms with Gasteiger partial charge < -0.3 is 14.3 Å². The number of aryl methyl sites for hydroxylation is 2. The molecule has 29 heavy (non-hydrogen) atoms. The number of oxazole rings is 1. The molecule has 5 nitrogen and oxygen atoms in total. The number of hydrogen-bond acceptors (Lipinski definition) is 5. The van der Waals surface area contributed by atoms with Crippen LogP contribution in [0, 0.1) is 13.8 Å². The lowest BCUT2D eigenvalue weighted by molar-refractivity contribution is 0.318. The Labute approximate surface area is 169 Å². The van der Waals surface area contributed by atoms with Crippen LogP contribution in [0.15, 0.2) is 64.0 Å². The fourth-order valence-electron chi connectivity index (χ4n) is 3.28. The van der Waals surface area contributed by atoms with E-state index in [1.54, 1.807) is 18.3 Å². The summed E-state index contributed by atoms with van der Waals surface area (Å²) in [6.07, 6.45) is 1.62. The molecule has 0 radical (unpaired) electrons. The highest BCUT2D eigenvalue weighted by atomic mass is 16.5. The van der Waals surface area contributed by atoms with Gasteiger partial charge in [-0.3, -0.25) is 4.99 Å². The van der Waals surface area contributed by atoms with Gasteiger partial charge in [0.25, 0.3) is 0 Å². The highest BCUT2D eigenvalue weighted by Gasteiger charge is 2.11. The summed E-state index contributed by atoms with van der Waals surface area (Å²) >= 11 is 0. The van der Waals surface area contributed by atoms with Gasteiger partial charge in [-0.25, -0.2) is 4.98 Å². The number of phenolic OH excluding ortho intramolecular Hbond substituents is 1. The van der Waals surface area contributed by atoms with Gasteiger partial charge in [0, 0.05) is 17.3 Å². The van der Waals surface area contributed by atoms with E-state index in [4.69, 9.17) is 9.15 Å². The lowest BCUT2D eigenvalue weighted by atomic mass is 10.1. The van der Waals surface area contributed by atoms with E-state index in [9.17, 15) is 5.11 Å². The molecular formula is C24H22N2O3. The molecule has 1 aromatic heterocycles. The van der Waals surface area contributed by atoms with Crippen LogP contribution in [0.25, 0.3) is 22.6 Å². The second kappa shape index (κ2) is 7.80. The summed E-state index contributed by atoms with van der Waals surface area (Å²) in [5, 5.41) is 10.3. The van der Waals surface area contributed by atoms with Crippen molar-refractivity contribution >= 4 is 23.0 Å². The minimum Gasteiger partial charge on any atom is -0.504 e. The van der Waals surface area contributed by atoms with Crippen molar-refractivity contribution in [2.75, 3.05) is 6.61 Å². The highest BCUT2D eigenvalue weighted by molar-refractivity contribution is 5.87. The second-order valence-corrected chi connectivity index (χ2v) is 6.88. The molecule has 4 aromatic rings. The van der Waals surface area contributed by atoms with Crippen LogP contribution in [0.2, 0.25) is 0 Å². The summed E-state index contributed by atoms with van der Waals surface area (Å²) in [4.78, 5) is 9.14. The van der Waals surface area contributed by atoms with Crippen molar-refractivity contribution < 1.29 is 14.3 Å². The molecular weight excluding hydrogens is 364 g/mol. The maximum atomic E-state index is 10.3. The van der Waals surface area contributed by atoms with Crippen molar-refractivity contribution in [2.45, 2.75) is 20.8 Å². The van der Waals surface area contributed by atoms with Crippen LogP contribution >= 0.6 is 0 Å². The first-order chi connectivity index (χ1) is 14.0. The van der Waals surface area contributed by atoms with Crippen LogP contribution in [-0.2, 0) is 0 Å². The van der Waals surface area contributed by atoms with Crippen LogP contribution in [0.4, 0.5) is 5.69 Å². The average Bonchev–Trinajstić information content (AvgIpc) is 3.13. The molecule has 0 aliphatic carbocycles. The van der Waals surface area contributed by atoms with Gasteiger partial charge >= 0.3 is 0 Å². The summed E-state index contributed by atoms with van der Waals surface area (Å²) in [5.74, 6) is 1.09. The SMILES string of the molecule is CCOc1cccc(C=Nc2cccc(-c3nc4cc(C)cc(C)c4o3)c2)c1O. The molecule has 0 saturated carbocycles. The molecule has 0 amide bonds. The van der Waals surface area contributed by atoms with Gasteiger partial charge in [-0.1, -0.05) is 18.2 Å². The Kier molecular flexibility index (Phi) is 5.04. The lowest BCUT2D eigenvalue weighted by Gasteiger charge is -2.07.